The lowest BCUT2D eigenvalue weighted by Gasteiger charge is -2.07. The van der Waals surface area contributed by atoms with Gasteiger partial charge >= 0.3 is 0 Å². The van der Waals surface area contributed by atoms with Crippen LogP contribution in [-0.2, 0) is 0 Å². The average Bonchev–Trinajstić information content (AvgIpc) is 2.38. The van der Waals surface area contributed by atoms with E-state index in [2.05, 4.69) is 10.3 Å². The highest BCUT2D eigenvalue weighted by molar-refractivity contribution is 5.95. The molecule has 0 saturated heterocycles. The van der Waals surface area contributed by atoms with Crippen molar-refractivity contribution in [3.8, 4) is 5.75 Å². The quantitative estimate of drug-likeness (QED) is 0.568. The number of nitrogens with zero attached hydrogens (tertiary/aromatic N) is 1. The van der Waals surface area contributed by atoms with Crippen LogP contribution in [0.4, 0.5) is 0 Å². The average molecular weight is 250 g/mol. The van der Waals surface area contributed by atoms with Crippen molar-refractivity contribution in [3.63, 3.8) is 0 Å². The number of Topliss-reactive ketones (excluding diaryl/α,β-unsaturated/α-hetero) is 1. The van der Waals surface area contributed by atoms with E-state index in [4.69, 9.17) is 4.74 Å². The molecule has 0 radical (unpaired) electrons. The van der Waals surface area contributed by atoms with E-state index in [-0.39, 0.29) is 11.7 Å². The van der Waals surface area contributed by atoms with Crippen LogP contribution >= 0.6 is 0 Å². The summed E-state index contributed by atoms with van der Waals surface area (Å²) >= 11 is 0. The zero-order chi connectivity index (χ0) is 13.4. The van der Waals surface area contributed by atoms with Gasteiger partial charge in [0, 0.05) is 5.92 Å². The summed E-state index contributed by atoms with van der Waals surface area (Å²) in [5.41, 5.74) is 0.507. The molecule has 0 atom stereocenters. The molecule has 1 aromatic heterocycles. The van der Waals surface area contributed by atoms with Crippen LogP contribution in [0, 0.1) is 5.92 Å². The lowest BCUT2D eigenvalue weighted by molar-refractivity contribution is 0.0934. The van der Waals surface area contributed by atoms with E-state index < -0.39 is 0 Å². The predicted octanol–water partition coefficient (Wildman–Crippen LogP) is 2.30. The third kappa shape index (κ3) is 4.84. The van der Waals surface area contributed by atoms with Gasteiger partial charge in [-0.1, -0.05) is 13.8 Å². The van der Waals surface area contributed by atoms with E-state index in [9.17, 15) is 4.79 Å². The van der Waals surface area contributed by atoms with E-state index in [0.29, 0.717) is 12.3 Å². The van der Waals surface area contributed by atoms with Crippen LogP contribution in [0.3, 0.4) is 0 Å². The third-order valence-corrected chi connectivity index (χ3v) is 2.60. The molecule has 18 heavy (non-hydrogen) atoms. The molecule has 0 aliphatic rings. The zero-order valence-corrected chi connectivity index (χ0v) is 11.4. The number of carbonyl (C=O) groups is 1. The first-order valence-electron chi connectivity index (χ1n) is 6.43. The largest absolute Gasteiger partial charge is 0.492 e. The molecule has 0 aromatic carbocycles. The van der Waals surface area contributed by atoms with Crippen molar-refractivity contribution in [2.75, 3.05) is 20.2 Å². The van der Waals surface area contributed by atoms with Crippen molar-refractivity contribution < 1.29 is 9.53 Å². The molecule has 4 nitrogen and oxygen atoms in total. The number of rotatable bonds is 8. The summed E-state index contributed by atoms with van der Waals surface area (Å²) in [4.78, 5) is 15.8. The summed E-state index contributed by atoms with van der Waals surface area (Å²) in [6.45, 7) is 5.43. The molecular formula is C14H22N2O2. The summed E-state index contributed by atoms with van der Waals surface area (Å²) in [5.74, 6) is 0.765. The van der Waals surface area contributed by atoms with Gasteiger partial charge < -0.3 is 10.1 Å². The van der Waals surface area contributed by atoms with Crippen molar-refractivity contribution in [2.24, 2.45) is 5.92 Å². The van der Waals surface area contributed by atoms with Crippen molar-refractivity contribution in [2.45, 2.75) is 26.7 Å². The number of hydrogen-bond donors (Lipinski definition) is 1. The Bertz CT molecular complexity index is 361. The van der Waals surface area contributed by atoms with Crippen LogP contribution in [0.2, 0.25) is 0 Å². The second-order valence-corrected chi connectivity index (χ2v) is 4.56. The third-order valence-electron chi connectivity index (χ3n) is 2.60. The number of hydrogen-bond acceptors (Lipinski definition) is 4. The van der Waals surface area contributed by atoms with Crippen molar-refractivity contribution in [3.05, 3.63) is 24.0 Å². The molecule has 100 valence electrons. The standard InChI is InChI=1S/C14H22N2O2/c1-11(2)14(17)13-7-6-12(10-16-13)18-9-5-4-8-15-3/h6-7,10-11,15H,4-5,8-9H2,1-3H3. The Balaban J connectivity index is 2.38. The Morgan fingerprint density at radius 2 is 2.17 bits per heavy atom. The SMILES string of the molecule is CNCCCCOc1ccc(C(=O)C(C)C)nc1. The van der Waals surface area contributed by atoms with E-state index >= 15 is 0 Å². The number of aromatic nitrogens is 1. The molecule has 0 unspecified atom stereocenters. The monoisotopic (exact) mass is 250 g/mol. The highest BCUT2D eigenvalue weighted by atomic mass is 16.5. The second kappa shape index (κ2) is 7.82. The molecular weight excluding hydrogens is 228 g/mol. The van der Waals surface area contributed by atoms with Gasteiger partial charge in [0.05, 0.1) is 12.8 Å². The first-order valence-corrected chi connectivity index (χ1v) is 6.43. The van der Waals surface area contributed by atoms with E-state index in [0.717, 1.165) is 25.1 Å². The van der Waals surface area contributed by atoms with Gasteiger partial charge in [0.1, 0.15) is 11.4 Å². The first-order chi connectivity index (χ1) is 8.65. The zero-order valence-electron chi connectivity index (χ0n) is 11.4. The molecule has 0 amide bonds. The van der Waals surface area contributed by atoms with Gasteiger partial charge in [-0.15, -0.1) is 0 Å². The van der Waals surface area contributed by atoms with Gasteiger partial charge in [-0.2, -0.15) is 0 Å². The van der Waals surface area contributed by atoms with E-state index in [1.165, 1.54) is 0 Å². The molecule has 0 bridgehead atoms. The molecule has 0 aliphatic heterocycles. The second-order valence-electron chi connectivity index (χ2n) is 4.56. The summed E-state index contributed by atoms with van der Waals surface area (Å²) in [6.07, 6.45) is 3.72. The normalized spacial score (nSPS) is 10.7. The fourth-order valence-electron chi connectivity index (χ4n) is 1.50. The minimum absolute atomic E-state index is 0.0224. The number of nitrogens with one attached hydrogen (secondary N) is 1. The van der Waals surface area contributed by atoms with E-state index in [1.807, 2.05) is 20.9 Å². The fourth-order valence-corrected chi connectivity index (χ4v) is 1.50. The highest BCUT2D eigenvalue weighted by Gasteiger charge is 2.11. The van der Waals surface area contributed by atoms with E-state index in [1.54, 1.807) is 18.3 Å². The Hall–Kier alpha value is -1.42. The summed E-state index contributed by atoms with van der Waals surface area (Å²) < 4.78 is 5.55. The molecule has 4 heteroatoms. The molecule has 1 rings (SSSR count). The Kier molecular flexibility index (Phi) is 6.36. The lowest BCUT2D eigenvalue weighted by Crippen LogP contribution is -2.10. The molecule has 0 aliphatic carbocycles. The first kappa shape index (κ1) is 14.6. The molecule has 0 saturated carbocycles. The lowest BCUT2D eigenvalue weighted by atomic mass is 10.1. The van der Waals surface area contributed by atoms with Gasteiger partial charge in [-0.05, 0) is 38.6 Å². The van der Waals surface area contributed by atoms with Crippen molar-refractivity contribution in [1.82, 2.24) is 10.3 Å². The van der Waals surface area contributed by atoms with Crippen LogP contribution in [0.5, 0.6) is 5.75 Å². The van der Waals surface area contributed by atoms with Crippen LogP contribution in [-0.4, -0.2) is 31.0 Å². The van der Waals surface area contributed by atoms with Crippen molar-refractivity contribution >= 4 is 5.78 Å². The van der Waals surface area contributed by atoms with Crippen LogP contribution in [0.25, 0.3) is 0 Å². The molecule has 0 spiro atoms. The number of pyridine rings is 1. The molecule has 0 fully saturated rings. The number of ketones is 1. The van der Waals surface area contributed by atoms with Crippen LogP contribution < -0.4 is 10.1 Å². The smallest absolute Gasteiger partial charge is 0.183 e. The number of unbranched alkanes of at least 4 members (excludes halogenated alkanes) is 1. The van der Waals surface area contributed by atoms with Gasteiger partial charge in [0.25, 0.3) is 0 Å². The summed E-state index contributed by atoms with van der Waals surface area (Å²) in [7, 11) is 1.94. The maximum absolute atomic E-state index is 11.7. The number of ether oxygens (including phenoxy) is 1. The Morgan fingerprint density at radius 3 is 2.72 bits per heavy atom. The predicted molar refractivity (Wildman–Crippen MR) is 72.1 cm³/mol. The summed E-state index contributed by atoms with van der Waals surface area (Å²) in [6, 6.07) is 3.53. The minimum atomic E-state index is -0.0224. The van der Waals surface area contributed by atoms with Crippen LogP contribution in [0.1, 0.15) is 37.2 Å². The Labute approximate surface area is 109 Å². The highest BCUT2D eigenvalue weighted by Crippen LogP contribution is 2.12. The minimum Gasteiger partial charge on any atom is -0.492 e. The Morgan fingerprint density at radius 1 is 1.39 bits per heavy atom. The maximum Gasteiger partial charge on any atom is 0.183 e. The molecule has 1 aromatic rings. The van der Waals surface area contributed by atoms with Crippen LogP contribution in [0.15, 0.2) is 18.3 Å². The fraction of sp³-hybridized carbons (Fsp3) is 0.571. The van der Waals surface area contributed by atoms with Gasteiger partial charge in [-0.25, -0.2) is 4.98 Å². The van der Waals surface area contributed by atoms with Gasteiger partial charge in [0.15, 0.2) is 5.78 Å². The maximum atomic E-state index is 11.7. The van der Waals surface area contributed by atoms with Gasteiger partial charge in [-0.3, -0.25) is 4.79 Å². The molecule has 1 N–H and O–H groups in total. The van der Waals surface area contributed by atoms with Crippen molar-refractivity contribution in [1.29, 1.82) is 0 Å². The topological polar surface area (TPSA) is 51.2 Å². The summed E-state index contributed by atoms with van der Waals surface area (Å²) in [5, 5.41) is 3.09. The molecule has 1 heterocycles. The van der Waals surface area contributed by atoms with Gasteiger partial charge in [0.2, 0.25) is 0 Å². The number of carbonyl (C=O) groups excluding carboxylic acids is 1.